The molecule has 5 aliphatic rings. The van der Waals surface area contributed by atoms with Crippen molar-refractivity contribution in [1.82, 2.24) is 9.88 Å². The van der Waals surface area contributed by atoms with Gasteiger partial charge in [0.15, 0.2) is 0 Å². The molecule has 5 fully saturated rings. The van der Waals surface area contributed by atoms with Crippen molar-refractivity contribution in [2.75, 3.05) is 13.1 Å². The molecule has 1 saturated heterocycles. The molecule has 0 radical (unpaired) electrons. The molecule has 0 aromatic carbocycles. The summed E-state index contributed by atoms with van der Waals surface area (Å²) in [7, 11) is 0. The maximum Gasteiger partial charge on any atom is 0.228 e. The van der Waals surface area contributed by atoms with Gasteiger partial charge in [-0.05, 0) is 80.2 Å². The molecule has 4 bridgehead atoms. The third-order valence-corrected chi connectivity index (χ3v) is 8.00. The van der Waals surface area contributed by atoms with Gasteiger partial charge in [0, 0.05) is 19.3 Å². The topological polar surface area (TPSA) is 42.4 Å². The highest BCUT2D eigenvalue weighted by Gasteiger charge is 2.63. The van der Waals surface area contributed by atoms with E-state index in [4.69, 9.17) is 4.74 Å². The minimum atomic E-state index is -0.0649. The second kappa shape index (κ2) is 6.55. The summed E-state index contributed by atoms with van der Waals surface area (Å²) in [6.07, 6.45) is 11.4. The number of nitrogens with zero attached hydrogens (tertiary/aromatic N) is 2. The van der Waals surface area contributed by atoms with Gasteiger partial charge in [-0.2, -0.15) is 0 Å². The maximum absolute atomic E-state index is 13.7. The molecule has 4 nitrogen and oxygen atoms in total. The number of ether oxygens (including phenoxy) is 1. The van der Waals surface area contributed by atoms with Gasteiger partial charge in [0.1, 0.15) is 0 Å². The molecule has 4 aliphatic carbocycles. The van der Waals surface area contributed by atoms with E-state index in [9.17, 15) is 4.79 Å². The van der Waals surface area contributed by atoms with Crippen LogP contribution in [0, 0.1) is 22.2 Å². The van der Waals surface area contributed by atoms with Gasteiger partial charge in [0.25, 0.3) is 0 Å². The van der Waals surface area contributed by atoms with Gasteiger partial charge in [-0.1, -0.05) is 19.9 Å². The molecule has 6 rings (SSSR count). The summed E-state index contributed by atoms with van der Waals surface area (Å²) in [5.74, 6) is 1.24. The van der Waals surface area contributed by atoms with Crippen LogP contribution in [0.25, 0.3) is 0 Å². The lowest BCUT2D eigenvalue weighted by Gasteiger charge is -2.65. The lowest BCUT2D eigenvalue weighted by Crippen LogP contribution is -2.61. The number of aromatic nitrogens is 1. The Bertz CT molecular complexity index is 722. The highest BCUT2D eigenvalue weighted by atomic mass is 16.5. The minimum absolute atomic E-state index is 0.0649. The van der Waals surface area contributed by atoms with Gasteiger partial charge in [0.2, 0.25) is 5.91 Å². The zero-order chi connectivity index (χ0) is 19.4. The normalized spacial score (nSPS) is 40.1. The third-order valence-electron chi connectivity index (χ3n) is 8.00. The number of amides is 1. The minimum Gasteiger partial charge on any atom is -0.372 e. The van der Waals surface area contributed by atoms with Gasteiger partial charge >= 0.3 is 0 Å². The van der Waals surface area contributed by atoms with Crippen molar-refractivity contribution in [1.29, 1.82) is 0 Å². The molecule has 4 heteroatoms. The van der Waals surface area contributed by atoms with E-state index < -0.39 is 0 Å². The van der Waals surface area contributed by atoms with Crippen LogP contribution < -0.4 is 0 Å². The lowest BCUT2D eigenvalue weighted by atomic mass is 9.40. The fourth-order valence-corrected chi connectivity index (χ4v) is 7.93. The van der Waals surface area contributed by atoms with Crippen LogP contribution in [0.4, 0.5) is 0 Å². The maximum atomic E-state index is 13.7. The first-order valence-corrected chi connectivity index (χ1v) is 11.2. The predicted molar refractivity (Wildman–Crippen MR) is 108 cm³/mol. The SMILES string of the molecule is CC12CC3CC(C)(C1)CC(C(=O)N1CCC(OCc4ccccn4)CC1)(C3)C2. The summed E-state index contributed by atoms with van der Waals surface area (Å²) in [4.78, 5) is 20.2. The van der Waals surface area contributed by atoms with Crippen LogP contribution in [0.3, 0.4) is 0 Å². The van der Waals surface area contributed by atoms with Gasteiger partial charge in [-0.3, -0.25) is 9.78 Å². The fourth-order valence-electron chi connectivity index (χ4n) is 7.93. The zero-order valence-corrected chi connectivity index (χ0v) is 17.5. The number of hydrogen-bond acceptors (Lipinski definition) is 3. The Kier molecular flexibility index (Phi) is 4.35. The van der Waals surface area contributed by atoms with Crippen molar-refractivity contribution in [3.63, 3.8) is 0 Å². The first kappa shape index (κ1) is 18.6. The molecule has 152 valence electrons. The number of hydrogen-bond donors (Lipinski definition) is 0. The Hall–Kier alpha value is -1.42. The van der Waals surface area contributed by atoms with Crippen molar-refractivity contribution >= 4 is 5.91 Å². The monoisotopic (exact) mass is 382 g/mol. The molecular weight excluding hydrogens is 348 g/mol. The van der Waals surface area contributed by atoms with E-state index in [2.05, 4.69) is 23.7 Å². The fraction of sp³-hybridized carbons (Fsp3) is 0.750. The summed E-state index contributed by atoms with van der Waals surface area (Å²) < 4.78 is 6.08. The summed E-state index contributed by atoms with van der Waals surface area (Å²) in [5, 5.41) is 0. The number of carbonyl (C=O) groups is 1. The molecule has 1 aromatic heterocycles. The van der Waals surface area contributed by atoms with E-state index in [0.717, 1.165) is 56.8 Å². The van der Waals surface area contributed by atoms with Crippen LogP contribution in [-0.2, 0) is 16.1 Å². The smallest absolute Gasteiger partial charge is 0.228 e. The quantitative estimate of drug-likeness (QED) is 0.765. The van der Waals surface area contributed by atoms with E-state index in [1.54, 1.807) is 0 Å². The number of likely N-dealkylation sites (tertiary alicyclic amines) is 1. The average molecular weight is 383 g/mol. The standard InChI is InChI=1S/C24H34N2O2/c1-22-11-18-12-23(2,15-22)17-24(13-18,16-22)21(27)26-9-6-20(7-10-26)28-14-19-5-3-4-8-25-19/h3-5,8,18,20H,6-7,9-17H2,1-2H3. The Morgan fingerprint density at radius 3 is 2.43 bits per heavy atom. The predicted octanol–water partition coefficient (Wildman–Crippen LogP) is 4.59. The van der Waals surface area contributed by atoms with Crippen LogP contribution in [0.1, 0.15) is 70.9 Å². The van der Waals surface area contributed by atoms with Crippen molar-refractivity contribution < 1.29 is 9.53 Å². The molecule has 2 heterocycles. The van der Waals surface area contributed by atoms with Crippen molar-refractivity contribution in [2.45, 2.75) is 77.9 Å². The molecule has 0 spiro atoms. The lowest BCUT2D eigenvalue weighted by molar-refractivity contribution is -0.181. The molecule has 1 aliphatic heterocycles. The second-order valence-corrected chi connectivity index (χ2v) is 11.0. The molecule has 2 unspecified atom stereocenters. The molecule has 4 saturated carbocycles. The Morgan fingerprint density at radius 2 is 1.82 bits per heavy atom. The zero-order valence-electron chi connectivity index (χ0n) is 17.5. The molecule has 1 amide bonds. The van der Waals surface area contributed by atoms with Crippen LogP contribution in [0.5, 0.6) is 0 Å². The first-order valence-electron chi connectivity index (χ1n) is 11.2. The van der Waals surface area contributed by atoms with Crippen molar-refractivity contribution in [3.05, 3.63) is 30.1 Å². The molecule has 2 atom stereocenters. The highest BCUT2D eigenvalue weighted by Crippen LogP contribution is 2.69. The van der Waals surface area contributed by atoms with Gasteiger partial charge in [0.05, 0.1) is 23.8 Å². The number of rotatable bonds is 4. The van der Waals surface area contributed by atoms with E-state index in [1.807, 2.05) is 24.4 Å². The molecule has 28 heavy (non-hydrogen) atoms. The summed E-state index contributed by atoms with van der Waals surface area (Å²) in [6, 6.07) is 5.94. The van der Waals surface area contributed by atoms with Crippen LogP contribution in [0.15, 0.2) is 24.4 Å². The van der Waals surface area contributed by atoms with E-state index in [-0.39, 0.29) is 11.5 Å². The Balaban J connectivity index is 1.21. The number of carbonyl (C=O) groups excluding carboxylic acids is 1. The largest absolute Gasteiger partial charge is 0.372 e. The third kappa shape index (κ3) is 3.28. The van der Waals surface area contributed by atoms with Gasteiger partial charge in [-0.25, -0.2) is 0 Å². The summed E-state index contributed by atoms with van der Waals surface area (Å²) >= 11 is 0. The Morgan fingerprint density at radius 1 is 1.11 bits per heavy atom. The average Bonchev–Trinajstić information content (AvgIpc) is 2.64. The first-order chi connectivity index (χ1) is 13.4. The van der Waals surface area contributed by atoms with Crippen LogP contribution in [-0.4, -0.2) is 35.0 Å². The van der Waals surface area contributed by atoms with Gasteiger partial charge in [-0.15, -0.1) is 0 Å². The Labute approximate surface area is 169 Å². The highest BCUT2D eigenvalue weighted by molar-refractivity contribution is 5.83. The van der Waals surface area contributed by atoms with Crippen LogP contribution >= 0.6 is 0 Å². The van der Waals surface area contributed by atoms with E-state index >= 15 is 0 Å². The van der Waals surface area contributed by atoms with Crippen molar-refractivity contribution in [3.8, 4) is 0 Å². The summed E-state index contributed by atoms with van der Waals surface area (Å²) in [5.41, 5.74) is 1.71. The van der Waals surface area contributed by atoms with Crippen molar-refractivity contribution in [2.24, 2.45) is 22.2 Å². The van der Waals surface area contributed by atoms with E-state index in [1.165, 1.54) is 19.3 Å². The summed E-state index contributed by atoms with van der Waals surface area (Å²) in [6.45, 7) is 7.18. The molecular formula is C24H34N2O2. The van der Waals surface area contributed by atoms with E-state index in [0.29, 0.717) is 23.3 Å². The molecule has 1 aromatic rings. The number of piperidine rings is 1. The van der Waals surface area contributed by atoms with Gasteiger partial charge < -0.3 is 9.64 Å². The molecule has 0 N–H and O–H groups in total. The van der Waals surface area contributed by atoms with Crippen LogP contribution in [0.2, 0.25) is 0 Å². The number of pyridine rings is 1. The second-order valence-electron chi connectivity index (χ2n) is 11.0.